The number of carbonyl (C=O) groups is 2. The standard InChI is InChI=1S/C23H26F3N5O4/c1-14(12-34-2)28-20(32)17-11-27-21(29-19(17)23(24,25)26)30-9-7-16(8-10-30)31-18-6-4-3-5-15(18)13-35-22(31)33/h3-6,11,14,16H,7-10,12-13H2,1-2H3,(H,28,32). The van der Waals surface area contributed by atoms with Crippen molar-refractivity contribution in [2.45, 2.75) is 44.6 Å². The lowest BCUT2D eigenvalue weighted by Gasteiger charge is -2.40. The van der Waals surface area contributed by atoms with E-state index in [4.69, 9.17) is 9.47 Å². The smallest absolute Gasteiger partial charge is 0.434 e. The van der Waals surface area contributed by atoms with E-state index in [1.165, 1.54) is 7.11 Å². The monoisotopic (exact) mass is 493 g/mol. The van der Waals surface area contributed by atoms with E-state index in [1.54, 1.807) is 16.7 Å². The molecule has 1 atom stereocenters. The molecule has 12 heteroatoms. The van der Waals surface area contributed by atoms with Crippen molar-refractivity contribution in [2.24, 2.45) is 0 Å². The fourth-order valence-corrected chi connectivity index (χ4v) is 4.35. The van der Waals surface area contributed by atoms with Crippen molar-refractivity contribution < 1.29 is 32.2 Å². The van der Waals surface area contributed by atoms with E-state index in [0.29, 0.717) is 25.9 Å². The van der Waals surface area contributed by atoms with Gasteiger partial charge in [0.15, 0.2) is 5.69 Å². The number of methoxy groups -OCH3 is 1. The summed E-state index contributed by atoms with van der Waals surface area (Å²) < 4.78 is 51.5. The van der Waals surface area contributed by atoms with Gasteiger partial charge in [0.05, 0.1) is 17.9 Å². The first-order valence-electron chi connectivity index (χ1n) is 11.2. The molecule has 2 aliphatic rings. The first-order valence-corrected chi connectivity index (χ1v) is 11.2. The van der Waals surface area contributed by atoms with Gasteiger partial charge in [0.25, 0.3) is 5.91 Å². The Labute approximate surface area is 200 Å². The van der Waals surface area contributed by atoms with Crippen molar-refractivity contribution in [3.63, 3.8) is 0 Å². The molecule has 0 bridgehead atoms. The lowest BCUT2D eigenvalue weighted by molar-refractivity contribution is -0.141. The Bertz CT molecular complexity index is 1090. The van der Waals surface area contributed by atoms with Gasteiger partial charge in [-0.1, -0.05) is 18.2 Å². The molecule has 0 aliphatic carbocycles. The van der Waals surface area contributed by atoms with Crippen molar-refractivity contribution in [1.29, 1.82) is 0 Å². The number of ether oxygens (including phenoxy) is 2. The zero-order valence-corrected chi connectivity index (χ0v) is 19.3. The molecule has 1 aromatic carbocycles. The number of hydrogen-bond acceptors (Lipinski definition) is 7. The van der Waals surface area contributed by atoms with Crippen LogP contribution in [0.4, 0.5) is 29.6 Å². The summed E-state index contributed by atoms with van der Waals surface area (Å²) in [6, 6.07) is 6.81. The summed E-state index contributed by atoms with van der Waals surface area (Å²) in [5.74, 6) is -1.03. The van der Waals surface area contributed by atoms with Crippen molar-refractivity contribution >= 4 is 23.6 Å². The lowest BCUT2D eigenvalue weighted by atomic mass is 10.0. The summed E-state index contributed by atoms with van der Waals surface area (Å²) in [6.07, 6.45) is -3.38. The number of aromatic nitrogens is 2. The normalized spacial score (nSPS) is 17.6. The van der Waals surface area contributed by atoms with E-state index in [1.807, 2.05) is 24.3 Å². The minimum atomic E-state index is -4.84. The Morgan fingerprint density at radius 3 is 2.69 bits per heavy atom. The molecule has 2 aromatic rings. The van der Waals surface area contributed by atoms with Crippen molar-refractivity contribution in [3.8, 4) is 0 Å². The third kappa shape index (κ3) is 5.31. The summed E-state index contributed by atoms with van der Waals surface area (Å²) in [6.45, 7) is 2.65. The van der Waals surface area contributed by atoms with Gasteiger partial charge in [0.2, 0.25) is 5.95 Å². The van der Waals surface area contributed by atoms with Gasteiger partial charge < -0.3 is 19.7 Å². The SMILES string of the molecule is COCC(C)NC(=O)c1cnc(N2CCC(N3C(=O)OCc4ccccc43)CC2)nc1C(F)(F)F. The molecule has 1 aromatic heterocycles. The number of amides is 2. The van der Waals surface area contributed by atoms with Gasteiger partial charge in [0, 0.05) is 44.0 Å². The molecule has 35 heavy (non-hydrogen) atoms. The van der Waals surface area contributed by atoms with Crippen LogP contribution in [0.15, 0.2) is 30.5 Å². The zero-order valence-electron chi connectivity index (χ0n) is 19.3. The first kappa shape index (κ1) is 24.7. The molecule has 1 saturated heterocycles. The number of hydrogen-bond donors (Lipinski definition) is 1. The van der Waals surface area contributed by atoms with Crippen LogP contribution in [-0.2, 0) is 22.3 Å². The largest absolute Gasteiger partial charge is 0.444 e. The van der Waals surface area contributed by atoms with Crippen molar-refractivity contribution in [3.05, 3.63) is 47.3 Å². The van der Waals surface area contributed by atoms with Crippen LogP contribution >= 0.6 is 0 Å². The van der Waals surface area contributed by atoms with Crippen LogP contribution in [0, 0.1) is 0 Å². The Morgan fingerprint density at radius 1 is 1.29 bits per heavy atom. The number of nitrogens with one attached hydrogen (secondary N) is 1. The molecule has 2 amide bonds. The Morgan fingerprint density at radius 2 is 2.00 bits per heavy atom. The average molecular weight is 493 g/mol. The van der Waals surface area contributed by atoms with Gasteiger partial charge in [-0.15, -0.1) is 0 Å². The molecule has 1 unspecified atom stereocenters. The summed E-state index contributed by atoms with van der Waals surface area (Å²) in [7, 11) is 1.43. The topological polar surface area (TPSA) is 96.9 Å². The lowest BCUT2D eigenvalue weighted by Crippen LogP contribution is -2.49. The molecule has 0 saturated carbocycles. The Hall–Kier alpha value is -3.41. The summed E-state index contributed by atoms with van der Waals surface area (Å²) in [5.41, 5.74) is -0.246. The molecule has 1 N–H and O–H groups in total. The van der Waals surface area contributed by atoms with Gasteiger partial charge in [-0.25, -0.2) is 14.8 Å². The molecule has 0 radical (unpaired) electrons. The Kier molecular flexibility index (Phi) is 7.10. The molecular weight excluding hydrogens is 467 g/mol. The van der Waals surface area contributed by atoms with Crippen molar-refractivity contribution in [1.82, 2.24) is 15.3 Å². The van der Waals surface area contributed by atoms with Gasteiger partial charge >= 0.3 is 12.3 Å². The summed E-state index contributed by atoms with van der Waals surface area (Å²) in [5, 5.41) is 2.46. The quantitative estimate of drug-likeness (QED) is 0.659. The maximum Gasteiger partial charge on any atom is 0.434 e. The number of halogens is 3. The highest BCUT2D eigenvalue weighted by atomic mass is 19.4. The molecule has 1 fully saturated rings. The van der Waals surface area contributed by atoms with E-state index in [-0.39, 0.29) is 25.2 Å². The van der Waals surface area contributed by atoms with E-state index in [0.717, 1.165) is 17.4 Å². The number of nitrogens with zero attached hydrogens (tertiary/aromatic N) is 4. The number of piperidine rings is 1. The van der Waals surface area contributed by atoms with Crippen LogP contribution in [0.3, 0.4) is 0 Å². The zero-order chi connectivity index (χ0) is 25.2. The number of carbonyl (C=O) groups excluding carboxylic acids is 2. The average Bonchev–Trinajstić information content (AvgIpc) is 2.83. The number of anilines is 2. The highest BCUT2D eigenvalue weighted by Gasteiger charge is 2.40. The van der Waals surface area contributed by atoms with Crippen LogP contribution in [0.5, 0.6) is 0 Å². The molecule has 2 aliphatic heterocycles. The minimum absolute atomic E-state index is 0.112. The number of fused-ring (bicyclic) bond motifs is 1. The maximum atomic E-state index is 13.8. The highest BCUT2D eigenvalue weighted by Crippen LogP contribution is 2.34. The second-order valence-corrected chi connectivity index (χ2v) is 8.53. The van der Waals surface area contributed by atoms with Crippen LogP contribution in [0.1, 0.15) is 41.4 Å². The predicted molar refractivity (Wildman–Crippen MR) is 120 cm³/mol. The molecule has 4 rings (SSSR count). The molecule has 3 heterocycles. The highest BCUT2D eigenvalue weighted by molar-refractivity contribution is 5.95. The van der Waals surface area contributed by atoms with E-state index in [2.05, 4.69) is 15.3 Å². The molecular formula is C23H26F3N5O4. The van der Waals surface area contributed by atoms with E-state index in [9.17, 15) is 22.8 Å². The number of cyclic esters (lactones) is 1. The van der Waals surface area contributed by atoms with Crippen LogP contribution in [-0.4, -0.2) is 60.9 Å². The first-order chi connectivity index (χ1) is 16.7. The second kappa shape index (κ2) is 10.1. The number of rotatable bonds is 6. The van der Waals surface area contributed by atoms with Gasteiger partial charge in [-0.3, -0.25) is 9.69 Å². The van der Waals surface area contributed by atoms with Crippen LogP contribution in [0.2, 0.25) is 0 Å². The fraction of sp³-hybridized carbons (Fsp3) is 0.478. The number of alkyl halides is 3. The maximum absolute atomic E-state index is 13.8. The Balaban J connectivity index is 1.50. The summed E-state index contributed by atoms with van der Waals surface area (Å²) in [4.78, 5) is 35.9. The number of para-hydroxylation sites is 1. The molecule has 9 nitrogen and oxygen atoms in total. The third-order valence-corrected chi connectivity index (χ3v) is 5.99. The minimum Gasteiger partial charge on any atom is -0.444 e. The van der Waals surface area contributed by atoms with Gasteiger partial charge in [0.1, 0.15) is 6.61 Å². The number of benzene rings is 1. The van der Waals surface area contributed by atoms with Crippen LogP contribution in [0.25, 0.3) is 0 Å². The van der Waals surface area contributed by atoms with E-state index >= 15 is 0 Å². The summed E-state index contributed by atoms with van der Waals surface area (Å²) >= 11 is 0. The van der Waals surface area contributed by atoms with Gasteiger partial charge in [-0.05, 0) is 25.8 Å². The predicted octanol–water partition coefficient (Wildman–Crippen LogP) is 3.39. The second-order valence-electron chi connectivity index (χ2n) is 8.53. The van der Waals surface area contributed by atoms with Crippen LogP contribution < -0.4 is 15.1 Å². The molecule has 188 valence electrons. The third-order valence-electron chi connectivity index (χ3n) is 5.99. The molecule has 0 spiro atoms. The van der Waals surface area contributed by atoms with Gasteiger partial charge in [-0.2, -0.15) is 13.2 Å². The van der Waals surface area contributed by atoms with Crippen molar-refractivity contribution in [2.75, 3.05) is 36.6 Å². The van der Waals surface area contributed by atoms with E-state index < -0.39 is 35.5 Å². The fourth-order valence-electron chi connectivity index (χ4n) is 4.35.